The van der Waals surface area contributed by atoms with Crippen molar-refractivity contribution in [3.05, 3.63) is 36.0 Å². The average molecular weight is 321 g/mol. The number of carboxylic acids is 1. The van der Waals surface area contributed by atoms with E-state index in [2.05, 4.69) is 44.2 Å². The molecule has 0 bridgehead atoms. The van der Waals surface area contributed by atoms with Gasteiger partial charge in [0, 0.05) is 6.42 Å². The van der Waals surface area contributed by atoms with E-state index in [9.17, 15) is 4.79 Å². The molecule has 0 heterocycles. The van der Waals surface area contributed by atoms with Gasteiger partial charge in [0.05, 0.1) is 0 Å². The zero-order chi connectivity index (χ0) is 17.2. The normalized spacial score (nSPS) is 12.5. The van der Waals surface area contributed by atoms with Crippen molar-refractivity contribution in [3.63, 3.8) is 0 Å². The van der Waals surface area contributed by atoms with Gasteiger partial charge in [-0.25, -0.2) is 0 Å². The van der Waals surface area contributed by atoms with E-state index >= 15 is 0 Å². The van der Waals surface area contributed by atoms with E-state index in [-0.39, 0.29) is 0 Å². The van der Waals surface area contributed by atoms with Gasteiger partial charge in [-0.05, 0) is 51.9 Å². The molecule has 0 saturated carbocycles. The number of carboxylic acid groups (broad SMARTS) is 1. The summed E-state index contributed by atoms with van der Waals surface area (Å²) in [5, 5.41) is 8.53. The molecule has 1 N–H and O–H groups in total. The lowest BCUT2D eigenvalue weighted by atomic mass is 10.1. The Balaban J connectivity index is 3.44. The van der Waals surface area contributed by atoms with Gasteiger partial charge in [0.1, 0.15) is 0 Å². The number of carbonyl (C=O) groups is 1. The van der Waals surface area contributed by atoms with Crippen LogP contribution in [0.1, 0.15) is 90.9 Å². The number of allylic oxidation sites excluding steroid dienone is 6. The third-order valence-electron chi connectivity index (χ3n) is 3.89. The van der Waals surface area contributed by atoms with Gasteiger partial charge in [-0.15, -0.1) is 0 Å². The fraction of sp³-hybridized carbons (Fsp3) is 0.667. The molecule has 0 aromatic carbocycles. The maximum atomic E-state index is 10.4. The second kappa shape index (κ2) is 17.1. The summed E-state index contributed by atoms with van der Waals surface area (Å²) in [5.41, 5.74) is 1.52. The summed E-state index contributed by atoms with van der Waals surface area (Å²) < 4.78 is 0. The lowest BCUT2D eigenvalue weighted by Crippen LogP contribution is -1.93. The molecule has 0 aromatic heterocycles. The highest BCUT2D eigenvalue weighted by Gasteiger charge is 1.95. The van der Waals surface area contributed by atoms with E-state index in [1.807, 2.05) is 0 Å². The number of hydrogen-bond donors (Lipinski definition) is 1. The molecule has 132 valence electrons. The maximum absolute atomic E-state index is 10.4. The lowest BCUT2D eigenvalue weighted by molar-refractivity contribution is -0.137. The Hall–Kier alpha value is -1.31. The SMILES string of the molecule is CCCCCC(C)=CCC=CCC=CCCCCCCC(=O)O. The van der Waals surface area contributed by atoms with Crippen molar-refractivity contribution in [2.45, 2.75) is 90.9 Å². The number of rotatable bonds is 15. The van der Waals surface area contributed by atoms with Crippen LogP contribution in [0.3, 0.4) is 0 Å². The zero-order valence-electron chi connectivity index (χ0n) is 15.2. The van der Waals surface area contributed by atoms with Gasteiger partial charge in [0.25, 0.3) is 0 Å². The summed E-state index contributed by atoms with van der Waals surface area (Å²) >= 11 is 0. The van der Waals surface area contributed by atoms with Crippen molar-refractivity contribution in [2.24, 2.45) is 0 Å². The molecule has 2 nitrogen and oxygen atoms in total. The minimum Gasteiger partial charge on any atom is -0.481 e. The van der Waals surface area contributed by atoms with Crippen molar-refractivity contribution in [2.75, 3.05) is 0 Å². The van der Waals surface area contributed by atoms with Gasteiger partial charge in [-0.3, -0.25) is 4.79 Å². The summed E-state index contributed by atoms with van der Waals surface area (Å²) in [7, 11) is 0. The van der Waals surface area contributed by atoms with Crippen molar-refractivity contribution in [3.8, 4) is 0 Å². The summed E-state index contributed by atoms with van der Waals surface area (Å²) in [6.45, 7) is 4.48. The quantitative estimate of drug-likeness (QED) is 0.265. The summed E-state index contributed by atoms with van der Waals surface area (Å²) in [4.78, 5) is 10.4. The Labute approximate surface area is 143 Å². The first-order chi connectivity index (χ1) is 11.2. The molecule has 0 aromatic rings. The predicted octanol–water partition coefficient (Wildman–Crippen LogP) is 6.83. The molecule has 23 heavy (non-hydrogen) atoms. The Morgan fingerprint density at radius 2 is 1.48 bits per heavy atom. The molecule has 0 spiro atoms. The smallest absolute Gasteiger partial charge is 0.303 e. The molecule has 0 rings (SSSR count). The number of aliphatic carboxylic acids is 1. The Morgan fingerprint density at radius 1 is 0.826 bits per heavy atom. The fourth-order valence-corrected chi connectivity index (χ4v) is 2.40. The highest BCUT2D eigenvalue weighted by molar-refractivity contribution is 5.66. The van der Waals surface area contributed by atoms with Gasteiger partial charge in [0.15, 0.2) is 0 Å². The molecular weight excluding hydrogens is 284 g/mol. The largest absolute Gasteiger partial charge is 0.481 e. The van der Waals surface area contributed by atoms with E-state index in [1.54, 1.807) is 0 Å². The molecule has 0 fully saturated rings. The van der Waals surface area contributed by atoms with Crippen LogP contribution >= 0.6 is 0 Å². The van der Waals surface area contributed by atoms with E-state index in [4.69, 9.17) is 5.11 Å². The van der Waals surface area contributed by atoms with Gasteiger partial charge >= 0.3 is 5.97 Å². The lowest BCUT2D eigenvalue weighted by Gasteiger charge is -1.98. The molecule has 0 saturated heterocycles. The molecule has 0 unspecified atom stereocenters. The van der Waals surface area contributed by atoms with Crippen molar-refractivity contribution >= 4 is 5.97 Å². The van der Waals surface area contributed by atoms with Gasteiger partial charge in [-0.2, -0.15) is 0 Å². The van der Waals surface area contributed by atoms with E-state index < -0.39 is 5.97 Å². The minimum atomic E-state index is -0.678. The molecule has 0 aliphatic rings. The Bertz CT molecular complexity index is 364. The predicted molar refractivity (Wildman–Crippen MR) is 101 cm³/mol. The molecule has 0 atom stereocenters. The van der Waals surface area contributed by atoms with Crippen LogP contribution in [0.5, 0.6) is 0 Å². The van der Waals surface area contributed by atoms with Crippen LogP contribution in [0.2, 0.25) is 0 Å². The number of unbranched alkanes of at least 4 members (excludes halogenated alkanes) is 6. The van der Waals surface area contributed by atoms with Crippen molar-refractivity contribution in [1.29, 1.82) is 0 Å². The fourth-order valence-electron chi connectivity index (χ4n) is 2.40. The van der Waals surface area contributed by atoms with Crippen LogP contribution in [-0.2, 0) is 4.79 Å². The topological polar surface area (TPSA) is 37.3 Å². The van der Waals surface area contributed by atoms with Gasteiger partial charge in [0.2, 0.25) is 0 Å². The second-order valence-corrected chi connectivity index (χ2v) is 6.27. The van der Waals surface area contributed by atoms with Crippen LogP contribution in [0.15, 0.2) is 36.0 Å². The molecule has 0 aliphatic heterocycles. The van der Waals surface area contributed by atoms with Crippen LogP contribution in [0, 0.1) is 0 Å². The summed E-state index contributed by atoms with van der Waals surface area (Å²) in [6, 6.07) is 0. The first kappa shape index (κ1) is 21.7. The van der Waals surface area contributed by atoms with Crippen LogP contribution in [-0.4, -0.2) is 11.1 Å². The second-order valence-electron chi connectivity index (χ2n) is 6.27. The number of hydrogen-bond acceptors (Lipinski definition) is 1. The molecular formula is C21H36O2. The minimum absolute atomic E-state index is 0.313. The Kier molecular flexibility index (Phi) is 16.1. The highest BCUT2D eigenvalue weighted by Crippen LogP contribution is 2.09. The van der Waals surface area contributed by atoms with Crippen LogP contribution in [0.25, 0.3) is 0 Å². The molecule has 0 amide bonds. The first-order valence-electron chi connectivity index (χ1n) is 9.34. The standard InChI is InChI=1S/C21H36O2/c1-3-4-14-17-20(2)18-15-12-10-8-6-5-7-9-11-13-16-19-21(22)23/h5-6,10,12,18H,3-4,7-9,11,13-17,19H2,1-2H3,(H,22,23). The monoisotopic (exact) mass is 320 g/mol. The van der Waals surface area contributed by atoms with Gasteiger partial charge < -0.3 is 5.11 Å². The van der Waals surface area contributed by atoms with Crippen LogP contribution < -0.4 is 0 Å². The van der Waals surface area contributed by atoms with E-state index in [1.165, 1.54) is 37.7 Å². The third kappa shape index (κ3) is 18.6. The van der Waals surface area contributed by atoms with Gasteiger partial charge in [-0.1, -0.05) is 68.6 Å². The van der Waals surface area contributed by atoms with Crippen molar-refractivity contribution in [1.82, 2.24) is 0 Å². The third-order valence-corrected chi connectivity index (χ3v) is 3.89. The van der Waals surface area contributed by atoms with Crippen molar-refractivity contribution < 1.29 is 9.90 Å². The molecule has 0 radical (unpaired) electrons. The van der Waals surface area contributed by atoms with E-state index in [0.717, 1.165) is 38.5 Å². The summed E-state index contributed by atoms with van der Waals surface area (Å²) in [5.74, 6) is -0.678. The highest BCUT2D eigenvalue weighted by atomic mass is 16.4. The first-order valence-corrected chi connectivity index (χ1v) is 9.34. The van der Waals surface area contributed by atoms with Crippen LogP contribution in [0.4, 0.5) is 0 Å². The Morgan fingerprint density at radius 3 is 2.22 bits per heavy atom. The average Bonchev–Trinajstić information content (AvgIpc) is 2.51. The summed E-state index contributed by atoms with van der Waals surface area (Å²) in [6.07, 6.45) is 24.1. The molecule has 2 heteroatoms. The molecule has 0 aliphatic carbocycles. The maximum Gasteiger partial charge on any atom is 0.303 e. The van der Waals surface area contributed by atoms with E-state index in [0.29, 0.717) is 6.42 Å². The zero-order valence-corrected chi connectivity index (χ0v) is 15.2.